The second-order valence-electron chi connectivity index (χ2n) is 6.12. The number of carbonyl (C=O) groups is 1. The van der Waals surface area contributed by atoms with E-state index in [2.05, 4.69) is 33.6 Å². The molecule has 2 aliphatic heterocycles. The van der Waals surface area contributed by atoms with E-state index >= 15 is 0 Å². The van der Waals surface area contributed by atoms with E-state index in [0.29, 0.717) is 25.2 Å². The molecule has 23 heavy (non-hydrogen) atoms. The summed E-state index contributed by atoms with van der Waals surface area (Å²) in [6, 6.07) is 8.03. The summed E-state index contributed by atoms with van der Waals surface area (Å²) in [4.78, 5) is 12.0. The van der Waals surface area contributed by atoms with E-state index in [1.54, 1.807) is 0 Å². The molecule has 1 unspecified atom stereocenters. The average molecular weight is 311 g/mol. The highest BCUT2D eigenvalue weighted by atomic mass is 16.5. The van der Waals surface area contributed by atoms with Crippen LogP contribution in [0.25, 0.3) is 0 Å². The van der Waals surface area contributed by atoms with E-state index in [-0.39, 0.29) is 5.91 Å². The third-order valence-corrected chi connectivity index (χ3v) is 4.40. The molecule has 0 aromatic heterocycles. The van der Waals surface area contributed by atoms with Crippen molar-refractivity contribution in [2.75, 3.05) is 18.5 Å². The van der Waals surface area contributed by atoms with Crippen molar-refractivity contribution in [1.29, 1.82) is 0 Å². The Morgan fingerprint density at radius 2 is 2.13 bits per heavy atom. The smallest absolute Gasteiger partial charge is 0.224 e. The number of benzene rings is 1. The fourth-order valence-corrected chi connectivity index (χ4v) is 2.84. The molecule has 2 aliphatic rings. The maximum Gasteiger partial charge on any atom is 0.224 e. The Bertz CT molecular complexity index is 619. The van der Waals surface area contributed by atoms with Crippen LogP contribution in [-0.4, -0.2) is 24.8 Å². The molecule has 1 amide bonds. The van der Waals surface area contributed by atoms with Crippen molar-refractivity contribution in [3.8, 4) is 12.3 Å². The van der Waals surface area contributed by atoms with E-state index in [1.165, 1.54) is 5.56 Å². The lowest BCUT2D eigenvalue weighted by atomic mass is 9.98. The molecular weight excluding hydrogens is 290 g/mol. The maximum absolute atomic E-state index is 12.0. The predicted octanol–water partition coefficient (Wildman–Crippen LogP) is 3.48. The molecule has 1 saturated heterocycles. The van der Waals surface area contributed by atoms with E-state index in [0.717, 1.165) is 31.7 Å². The van der Waals surface area contributed by atoms with E-state index in [9.17, 15) is 4.79 Å². The van der Waals surface area contributed by atoms with Crippen molar-refractivity contribution in [3.63, 3.8) is 0 Å². The molecular formula is C18H21N3O2. The molecule has 120 valence electrons. The van der Waals surface area contributed by atoms with Crippen LogP contribution < -0.4 is 5.32 Å². The molecule has 5 nitrogen and oxygen atoms in total. The summed E-state index contributed by atoms with van der Waals surface area (Å²) < 4.78 is 5.40. The standard InChI is InChI=1S/C18H21N3O2/c1-2-3-10-18(20-21-18)11-8-17(22)19-16-6-4-14(5-7-16)15-9-12-23-13-15/h1,4-7,15H,3,8-13H2,(H,19,22). The predicted molar refractivity (Wildman–Crippen MR) is 88.1 cm³/mol. The van der Waals surface area contributed by atoms with Crippen LogP contribution in [0.3, 0.4) is 0 Å². The number of nitrogens with one attached hydrogen (secondary N) is 1. The van der Waals surface area contributed by atoms with Gasteiger partial charge in [-0.25, -0.2) is 0 Å². The first-order valence-corrected chi connectivity index (χ1v) is 8.06. The van der Waals surface area contributed by atoms with Gasteiger partial charge in [0.25, 0.3) is 0 Å². The summed E-state index contributed by atoms with van der Waals surface area (Å²) in [6.45, 7) is 1.62. The highest BCUT2D eigenvalue weighted by Gasteiger charge is 2.39. The number of amides is 1. The molecule has 1 atom stereocenters. The zero-order valence-electron chi connectivity index (χ0n) is 13.1. The van der Waals surface area contributed by atoms with Crippen LogP contribution in [0.5, 0.6) is 0 Å². The van der Waals surface area contributed by atoms with Crippen molar-refractivity contribution in [2.24, 2.45) is 10.2 Å². The van der Waals surface area contributed by atoms with E-state index in [1.807, 2.05) is 12.1 Å². The summed E-state index contributed by atoms with van der Waals surface area (Å²) in [7, 11) is 0. The molecule has 5 heteroatoms. The van der Waals surface area contributed by atoms with Crippen LogP contribution in [0.15, 0.2) is 34.5 Å². The highest BCUT2D eigenvalue weighted by molar-refractivity contribution is 5.90. The van der Waals surface area contributed by atoms with Gasteiger partial charge < -0.3 is 10.1 Å². The normalized spacial score (nSPS) is 20.9. The lowest BCUT2D eigenvalue weighted by Gasteiger charge is -2.11. The maximum atomic E-state index is 12.0. The third kappa shape index (κ3) is 4.17. The zero-order valence-corrected chi connectivity index (χ0v) is 13.1. The van der Waals surface area contributed by atoms with Crippen LogP contribution in [0.1, 0.15) is 43.6 Å². The summed E-state index contributed by atoms with van der Waals surface area (Å²) in [5, 5.41) is 11.0. The summed E-state index contributed by atoms with van der Waals surface area (Å²) in [5.74, 6) is 3.06. The first-order chi connectivity index (χ1) is 11.2. The van der Waals surface area contributed by atoms with Crippen LogP contribution in [0, 0.1) is 12.3 Å². The minimum atomic E-state index is -0.393. The quantitative estimate of drug-likeness (QED) is 0.784. The minimum Gasteiger partial charge on any atom is -0.381 e. The first kappa shape index (κ1) is 15.7. The number of anilines is 1. The average Bonchev–Trinajstić information content (AvgIpc) is 3.12. The molecule has 0 aliphatic carbocycles. The summed E-state index contributed by atoms with van der Waals surface area (Å²) in [6.07, 6.45) is 8.72. The topological polar surface area (TPSA) is 63.0 Å². The van der Waals surface area contributed by atoms with Gasteiger partial charge in [-0.3, -0.25) is 4.79 Å². The first-order valence-electron chi connectivity index (χ1n) is 8.06. The van der Waals surface area contributed by atoms with Crippen LogP contribution in [-0.2, 0) is 9.53 Å². The second kappa shape index (κ2) is 6.93. The molecule has 0 saturated carbocycles. The van der Waals surface area contributed by atoms with E-state index < -0.39 is 5.66 Å². The molecule has 0 bridgehead atoms. The molecule has 1 aromatic rings. The van der Waals surface area contributed by atoms with Crippen molar-refractivity contribution < 1.29 is 9.53 Å². The van der Waals surface area contributed by atoms with Gasteiger partial charge in [-0.05, 0) is 24.1 Å². The zero-order chi connectivity index (χ0) is 16.1. The summed E-state index contributed by atoms with van der Waals surface area (Å²) >= 11 is 0. The number of terminal acetylenes is 1. The van der Waals surface area contributed by atoms with Crippen LogP contribution in [0.4, 0.5) is 5.69 Å². The van der Waals surface area contributed by atoms with Gasteiger partial charge in [0.2, 0.25) is 5.91 Å². The van der Waals surface area contributed by atoms with Gasteiger partial charge in [0.05, 0.1) is 6.61 Å². The molecule has 1 fully saturated rings. The number of hydrogen-bond acceptors (Lipinski definition) is 4. The SMILES string of the molecule is C#CCCC1(CCC(=O)Nc2ccc(C3CCOC3)cc2)N=N1. The Kier molecular flexibility index (Phi) is 4.73. The van der Waals surface area contributed by atoms with Gasteiger partial charge in [0, 0.05) is 43.9 Å². The van der Waals surface area contributed by atoms with Crippen LogP contribution >= 0.6 is 0 Å². The molecule has 1 aromatic carbocycles. The van der Waals surface area contributed by atoms with Crippen LogP contribution in [0.2, 0.25) is 0 Å². The molecule has 2 heterocycles. The number of hydrogen-bond donors (Lipinski definition) is 1. The fraction of sp³-hybridized carbons (Fsp3) is 0.500. The summed E-state index contributed by atoms with van der Waals surface area (Å²) in [5.41, 5.74) is 1.69. The van der Waals surface area contributed by atoms with Crippen molar-refractivity contribution in [3.05, 3.63) is 29.8 Å². The fourth-order valence-electron chi connectivity index (χ4n) is 2.84. The number of carbonyl (C=O) groups excluding carboxylic acids is 1. The molecule has 1 N–H and O–H groups in total. The number of nitrogens with zero attached hydrogens (tertiary/aromatic N) is 2. The minimum absolute atomic E-state index is 0.0145. The van der Waals surface area contributed by atoms with Gasteiger partial charge >= 0.3 is 0 Å². The molecule has 0 spiro atoms. The Labute approximate surface area is 136 Å². The Morgan fingerprint density at radius 3 is 2.74 bits per heavy atom. The van der Waals surface area contributed by atoms with Gasteiger partial charge in [-0.15, -0.1) is 12.3 Å². The van der Waals surface area contributed by atoms with Crippen molar-refractivity contribution >= 4 is 11.6 Å². The largest absolute Gasteiger partial charge is 0.381 e. The van der Waals surface area contributed by atoms with Gasteiger partial charge in [0.15, 0.2) is 5.66 Å². The monoisotopic (exact) mass is 311 g/mol. The Hall–Kier alpha value is -2.19. The third-order valence-electron chi connectivity index (χ3n) is 4.40. The highest BCUT2D eigenvalue weighted by Crippen LogP contribution is 2.37. The van der Waals surface area contributed by atoms with Gasteiger partial charge in [0.1, 0.15) is 0 Å². The second-order valence-corrected chi connectivity index (χ2v) is 6.12. The molecule has 3 rings (SSSR count). The van der Waals surface area contributed by atoms with Crippen molar-refractivity contribution in [2.45, 2.75) is 43.7 Å². The van der Waals surface area contributed by atoms with Gasteiger partial charge in [-0.2, -0.15) is 10.2 Å². The molecule has 0 radical (unpaired) electrons. The van der Waals surface area contributed by atoms with Gasteiger partial charge in [-0.1, -0.05) is 12.1 Å². The lowest BCUT2D eigenvalue weighted by molar-refractivity contribution is -0.116. The van der Waals surface area contributed by atoms with E-state index in [4.69, 9.17) is 11.2 Å². The van der Waals surface area contributed by atoms with Crippen molar-refractivity contribution in [1.82, 2.24) is 0 Å². The number of ether oxygens (including phenoxy) is 1. The number of rotatable bonds is 7. The Morgan fingerprint density at radius 1 is 1.35 bits per heavy atom. The lowest BCUT2D eigenvalue weighted by Crippen LogP contribution is -2.17. The Balaban J connectivity index is 1.45.